The van der Waals surface area contributed by atoms with Crippen molar-refractivity contribution in [3.05, 3.63) is 36.1 Å². The highest BCUT2D eigenvalue weighted by atomic mass is 16.4. The monoisotopic (exact) mass is 318 g/mol. The van der Waals surface area contributed by atoms with E-state index in [1.54, 1.807) is 0 Å². The molecule has 23 heavy (non-hydrogen) atoms. The summed E-state index contributed by atoms with van der Waals surface area (Å²) in [5, 5.41) is 15.6. The Morgan fingerprint density at radius 3 is 2.43 bits per heavy atom. The van der Waals surface area contributed by atoms with Gasteiger partial charge < -0.3 is 15.1 Å². The van der Waals surface area contributed by atoms with Gasteiger partial charge in [-0.1, -0.05) is 12.0 Å². The van der Waals surface area contributed by atoms with Crippen LogP contribution in [0.15, 0.2) is 36.1 Å². The first-order valence-electron chi connectivity index (χ1n) is 7.34. The van der Waals surface area contributed by atoms with E-state index in [0.717, 1.165) is 6.54 Å². The van der Waals surface area contributed by atoms with Crippen LogP contribution in [0.25, 0.3) is 0 Å². The van der Waals surface area contributed by atoms with Crippen molar-refractivity contribution in [2.24, 2.45) is 0 Å². The zero-order chi connectivity index (χ0) is 17.2. The van der Waals surface area contributed by atoms with E-state index in [2.05, 4.69) is 47.2 Å². The Kier molecular flexibility index (Phi) is 7.64. The minimum Gasteiger partial charge on any atom is -0.478 e. The van der Waals surface area contributed by atoms with Crippen molar-refractivity contribution in [2.45, 2.75) is 25.8 Å². The van der Waals surface area contributed by atoms with Gasteiger partial charge >= 0.3 is 11.9 Å². The maximum atomic E-state index is 9.55. The first kappa shape index (κ1) is 18.5. The average molecular weight is 318 g/mol. The van der Waals surface area contributed by atoms with Crippen molar-refractivity contribution >= 4 is 11.9 Å². The Morgan fingerprint density at radius 1 is 1.30 bits per heavy atom. The van der Waals surface area contributed by atoms with Gasteiger partial charge in [-0.25, -0.2) is 9.59 Å². The van der Waals surface area contributed by atoms with Gasteiger partial charge in [0.1, 0.15) is 0 Å². The molecule has 2 rings (SSSR count). The van der Waals surface area contributed by atoms with Crippen LogP contribution in [0.3, 0.4) is 0 Å². The third-order valence-corrected chi connectivity index (χ3v) is 3.50. The SMILES string of the molecule is CC#CN1C=CC=C(C2CCCN2C)C1.O=C(O)/C=C/C(=O)O. The van der Waals surface area contributed by atoms with Crippen LogP contribution in [0.1, 0.15) is 19.8 Å². The largest absolute Gasteiger partial charge is 0.478 e. The summed E-state index contributed by atoms with van der Waals surface area (Å²) in [6.07, 6.45) is 10.1. The van der Waals surface area contributed by atoms with Crippen LogP contribution in [0.5, 0.6) is 0 Å². The predicted molar refractivity (Wildman–Crippen MR) is 87.4 cm³/mol. The topological polar surface area (TPSA) is 81.1 Å². The van der Waals surface area contributed by atoms with Crippen molar-refractivity contribution in [1.29, 1.82) is 0 Å². The summed E-state index contributed by atoms with van der Waals surface area (Å²) in [6.45, 7) is 4.07. The molecule has 2 aliphatic heterocycles. The summed E-state index contributed by atoms with van der Waals surface area (Å²) in [5.41, 5.74) is 1.50. The molecule has 6 heteroatoms. The Bertz CT molecular complexity index is 565. The summed E-state index contributed by atoms with van der Waals surface area (Å²) < 4.78 is 0. The lowest BCUT2D eigenvalue weighted by Crippen LogP contribution is -2.32. The summed E-state index contributed by atoms with van der Waals surface area (Å²) in [4.78, 5) is 23.6. The fourth-order valence-corrected chi connectivity index (χ4v) is 2.53. The van der Waals surface area contributed by atoms with E-state index >= 15 is 0 Å². The summed E-state index contributed by atoms with van der Waals surface area (Å²) in [5.74, 6) is 0.430. The zero-order valence-electron chi connectivity index (χ0n) is 13.4. The summed E-state index contributed by atoms with van der Waals surface area (Å²) in [6, 6.07) is 3.73. The van der Waals surface area contributed by atoms with E-state index in [4.69, 9.17) is 10.2 Å². The molecule has 0 radical (unpaired) electrons. The Hall–Kier alpha value is -2.52. The van der Waals surface area contributed by atoms with Crippen LogP contribution < -0.4 is 0 Å². The van der Waals surface area contributed by atoms with E-state index in [1.165, 1.54) is 25.0 Å². The Morgan fingerprint density at radius 2 is 1.96 bits per heavy atom. The molecule has 1 unspecified atom stereocenters. The number of nitrogens with zero attached hydrogens (tertiary/aromatic N) is 2. The molecule has 0 amide bonds. The molecule has 2 aliphatic rings. The summed E-state index contributed by atoms with van der Waals surface area (Å²) >= 11 is 0. The second-order valence-electron chi connectivity index (χ2n) is 5.22. The molecule has 2 heterocycles. The number of hydrogen-bond donors (Lipinski definition) is 2. The molecule has 124 valence electrons. The lowest BCUT2D eigenvalue weighted by Gasteiger charge is -2.27. The molecule has 6 nitrogen and oxygen atoms in total. The Balaban J connectivity index is 0.000000284. The molecule has 0 bridgehead atoms. The number of likely N-dealkylation sites (tertiary alicyclic amines) is 1. The molecule has 1 fully saturated rings. The van der Waals surface area contributed by atoms with Crippen LogP contribution in [0.4, 0.5) is 0 Å². The molecule has 0 spiro atoms. The van der Waals surface area contributed by atoms with Crippen molar-refractivity contribution < 1.29 is 19.8 Å². The molecule has 1 atom stereocenters. The van der Waals surface area contributed by atoms with Crippen LogP contribution in [-0.2, 0) is 9.59 Å². The fourth-order valence-electron chi connectivity index (χ4n) is 2.53. The van der Waals surface area contributed by atoms with Crippen LogP contribution >= 0.6 is 0 Å². The van der Waals surface area contributed by atoms with Crippen molar-refractivity contribution in [2.75, 3.05) is 20.1 Å². The minimum atomic E-state index is -1.26. The third kappa shape index (κ3) is 6.85. The zero-order valence-corrected chi connectivity index (χ0v) is 13.4. The highest BCUT2D eigenvalue weighted by molar-refractivity contribution is 5.89. The molecule has 0 saturated carbocycles. The lowest BCUT2D eigenvalue weighted by molar-refractivity contribution is -0.134. The number of hydrogen-bond acceptors (Lipinski definition) is 4. The number of carboxylic acids is 2. The highest BCUT2D eigenvalue weighted by Gasteiger charge is 2.25. The molecular formula is C17H22N2O4. The van der Waals surface area contributed by atoms with Gasteiger partial charge in [0.05, 0.1) is 6.54 Å². The first-order valence-corrected chi connectivity index (χ1v) is 7.34. The van der Waals surface area contributed by atoms with Gasteiger partial charge in [0.15, 0.2) is 0 Å². The number of aliphatic carboxylic acids is 2. The third-order valence-electron chi connectivity index (χ3n) is 3.50. The van der Waals surface area contributed by atoms with Crippen molar-refractivity contribution in [3.8, 4) is 12.0 Å². The van der Waals surface area contributed by atoms with Gasteiger partial charge in [-0.2, -0.15) is 0 Å². The smallest absolute Gasteiger partial charge is 0.328 e. The second-order valence-corrected chi connectivity index (χ2v) is 5.22. The van der Waals surface area contributed by atoms with E-state index in [1.807, 2.05) is 6.92 Å². The number of carboxylic acid groups (broad SMARTS) is 2. The van der Waals surface area contributed by atoms with E-state index in [-0.39, 0.29) is 0 Å². The molecule has 0 aromatic carbocycles. The number of carbonyl (C=O) groups is 2. The quantitative estimate of drug-likeness (QED) is 0.607. The minimum absolute atomic E-state index is 0.558. The second kappa shape index (κ2) is 9.49. The molecule has 2 N–H and O–H groups in total. The van der Waals surface area contributed by atoms with Gasteiger partial charge in [0, 0.05) is 30.4 Å². The van der Waals surface area contributed by atoms with Gasteiger partial charge in [-0.3, -0.25) is 4.90 Å². The molecule has 0 aromatic heterocycles. The predicted octanol–water partition coefficient (Wildman–Crippen LogP) is 1.53. The van der Waals surface area contributed by atoms with Crippen LogP contribution in [0, 0.1) is 12.0 Å². The lowest BCUT2D eigenvalue weighted by atomic mass is 10.0. The normalized spacial score (nSPS) is 20.3. The van der Waals surface area contributed by atoms with Crippen molar-refractivity contribution in [1.82, 2.24) is 9.80 Å². The molecule has 1 saturated heterocycles. The Labute approximate surface area is 136 Å². The maximum absolute atomic E-state index is 9.55. The molecule has 0 aliphatic carbocycles. The standard InChI is InChI=1S/C13H18N2.C4H4O4/c1-3-8-15-10-4-6-12(11-15)13-7-5-9-14(13)2;5-3(6)1-2-4(7)8/h4,6,10,13H,5,7,9,11H2,1-2H3;1-2H,(H,5,6)(H,7,8)/b;2-1+. The average Bonchev–Trinajstić information content (AvgIpc) is 2.93. The van der Waals surface area contributed by atoms with E-state index in [0.29, 0.717) is 18.2 Å². The number of rotatable bonds is 3. The van der Waals surface area contributed by atoms with Crippen LogP contribution in [0.2, 0.25) is 0 Å². The van der Waals surface area contributed by atoms with Gasteiger partial charge in [-0.05, 0) is 45.0 Å². The first-order chi connectivity index (χ1) is 10.9. The fraction of sp³-hybridized carbons (Fsp3) is 0.412. The summed E-state index contributed by atoms with van der Waals surface area (Å²) in [7, 11) is 2.21. The molecular weight excluding hydrogens is 296 g/mol. The molecule has 0 aromatic rings. The number of likely N-dealkylation sites (N-methyl/N-ethyl adjacent to an activating group) is 1. The van der Waals surface area contributed by atoms with E-state index < -0.39 is 11.9 Å². The maximum Gasteiger partial charge on any atom is 0.328 e. The van der Waals surface area contributed by atoms with Crippen molar-refractivity contribution in [3.63, 3.8) is 0 Å². The van der Waals surface area contributed by atoms with Crippen LogP contribution in [-0.4, -0.2) is 58.1 Å². The van der Waals surface area contributed by atoms with Gasteiger partial charge in [0.2, 0.25) is 0 Å². The highest BCUT2D eigenvalue weighted by Crippen LogP contribution is 2.24. The van der Waals surface area contributed by atoms with E-state index in [9.17, 15) is 9.59 Å². The van der Waals surface area contributed by atoms with Gasteiger partial charge in [0.25, 0.3) is 0 Å². The number of allylic oxidation sites excluding steroid dienone is 2. The van der Waals surface area contributed by atoms with Gasteiger partial charge in [-0.15, -0.1) is 0 Å².